The summed E-state index contributed by atoms with van der Waals surface area (Å²) < 4.78 is 0. The topological polar surface area (TPSA) is 0 Å². The lowest BCUT2D eigenvalue weighted by atomic mass is 10.0. The average Bonchev–Trinajstić information content (AvgIpc) is 2.28. The van der Waals surface area contributed by atoms with Crippen LogP contribution < -0.4 is 5.30 Å². The first-order valence-corrected chi connectivity index (χ1v) is 12.1. The van der Waals surface area contributed by atoms with Gasteiger partial charge in [0.2, 0.25) is 0 Å². The second-order valence-corrected chi connectivity index (χ2v) is 11.3. The van der Waals surface area contributed by atoms with E-state index in [1.165, 1.54) is 36.9 Å². The van der Waals surface area contributed by atoms with Crippen LogP contribution in [0.4, 0.5) is 0 Å². The van der Waals surface area contributed by atoms with Crippen LogP contribution in [0, 0.1) is 0 Å². The van der Waals surface area contributed by atoms with Gasteiger partial charge in [0.05, 0.1) is 0 Å². The fraction of sp³-hybridized carbons (Fsp3) is 0.600. The summed E-state index contributed by atoms with van der Waals surface area (Å²) in [7, 11) is 3.41. The molecule has 0 aliphatic heterocycles. The van der Waals surface area contributed by atoms with Crippen LogP contribution in [0.3, 0.4) is 0 Å². The maximum absolute atomic E-state index is 2.92. The Labute approximate surface area is 118 Å². The van der Waals surface area contributed by atoms with Crippen LogP contribution in [0.25, 0.3) is 0 Å². The maximum atomic E-state index is 2.92. The average molecular weight is 300 g/mol. The summed E-state index contributed by atoms with van der Waals surface area (Å²) in [6.45, 7) is 9.51. The van der Waals surface area contributed by atoms with Crippen LogP contribution in [0.5, 0.6) is 0 Å². The minimum Gasteiger partial charge on any atom is -0.113 e. The normalized spacial score (nSPS) is 11.5. The van der Waals surface area contributed by atoms with Crippen molar-refractivity contribution in [3.05, 3.63) is 29.3 Å². The number of benzene rings is 1. The molecule has 0 aliphatic rings. The van der Waals surface area contributed by atoms with Gasteiger partial charge < -0.3 is 0 Å². The fourth-order valence-electron chi connectivity index (χ4n) is 2.11. The lowest BCUT2D eigenvalue weighted by Gasteiger charge is -2.14. The van der Waals surface area contributed by atoms with Crippen molar-refractivity contribution >= 4 is 30.4 Å². The largest absolute Gasteiger partial charge is 0.113 e. The molecule has 1 atom stereocenters. The highest BCUT2D eigenvalue weighted by atomic mass is 31.1. The Bertz CT molecular complexity index is 359. The molecule has 0 fully saturated rings. The van der Waals surface area contributed by atoms with Gasteiger partial charge in [-0.05, 0) is 74.7 Å². The van der Waals surface area contributed by atoms with Crippen molar-refractivity contribution in [3.8, 4) is 0 Å². The quantitative estimate of drug-likeness (QED) is 0.664. The fourth-order valence-corrected chi connectivity index (χ4v) is 4.03. The van der Waals surface area contributed by atoms with E-state index in [9.17, 15) is 0 Å². The zero-order chi connectivity index (χ0) is 13.5. The molecular weight excluding hydrogens is 273 g/mol. The molecule has 1 aromatic rings. The smallest absolute Gasteiger partial charge is 0.0237 e. The molecule has 1 aromatic carbocycles. The molecule has 1 rings (SSSR count). The molecule has 0 bridgehead atoms. The first-order chi connectivity index (χ1) is 8.50. The van der Waals surface area contributed by atoms with Crippen LogP contribution in [-0.2, 0) is 12.8 Å². The van der Waals surface area contributed by atoms with Crippen LogP contribution in [0.1, 0.15) is 17.5 Å². The van der Waals surface area contributed by atoms with Gasteiger partial charge >= 0.3 is 0 Å². The molecule has 18 heavy (non-hydrogen) atoms. The third-order valence-corrected chi connectivity index (χ3v) is 6.04. The van der Waals surface area contributed by atoms with E-state index in [0.29, 0.717) is 0 Å². The van der Waals surface area contributed by atoms with Gasteiger partial charge in [0.15, 0.2) is 0 Å². The summed E-state index contributed by atoms with van der Waals surface area (Å²) in [6, 6.07) is 6.79. The molecule has 0 saturated carbocycles. The zero-order valence-corrected chi connectivity index (χ0v) is 15.2. The van der Waals surface area contributed by atoms with Crippen molar-refractivity contribution in [2.45, 2.75) is 19.3 Å². The summed E-state index contributed by atoms with van der Waals surface area (Å²) >= 11 is 0. The van der Waals surface area contributed by atoms with Crippen molar-refractivity contribution in [3.63, 3.8) is 0 Å². The molecule has 0 heterocycles. The van der Waals surface area contributed by atoms with Crippen LogP contribution >= 0.6 is 25.1 Å². The minimum atomic E-state index is 0.227. The predicted molar refractivity (Wildman–Crippen MR) is 95.1 cm³/mol. The Morgan fingerprint density at radius 3 is 2.22 bits per heavy atom. The Morgan fingerprint density at radius 2 is 1.61 bits per heavy atom. The summed E-state index contributed by atoms with van der Waals surface area (Å²) in [5.41, 5.74) is 3.20. The first kappa shape index (κ1) is 16.6. The summed E-state index contributed by atoms with van der Waals surface area (Å²) in [4.78, 5) is 0. The van der Waals surface area contributed by atoms with Gasteiger partial charge in [-0.2, -0.15) is 0 Å². The summed E-state index contributed by atoms with van der Waals surface area (Å²) in [5, 5.41) is 1.42. The number of hydrogen-bond donors (Lipinski definition) is 0. The highest BCUT2D eigenvalue weighted by Crippen LogP contribution is 2.28. The van der Waals surface area contributed by atoms with Crippen molar-refractivity contribution < 1.29 is 0 Å². The number of aryl methyl sites for hydroxylation is 1. The maximum Gasteiger partial charge on any atom is -0.0237 e. The molecule has 0 amide bonds. The Balaban J connectivity index is 2.67. The molecular formula is C15H27P3. The minimum absolute atomic E-state index is 0.227. The van der Waals surface area contributed by atoms with Crippen molar-refractivity contribution in [2.24, 2.45) is 0 Å². The monoisotopic (exact) mass is 300 g/mol. The van der Waals surface area contributed by atoms with Gasteiger partial charge in [-0.1, -0.05) is 18.2 Å². The van der Waals surface area contributed by atoms with E-state index < -0.39 is 0 Å². The standard InChI is InChI=1S/C15H27P3/c1-17(2)11-6-8-14-13(10-12-18(3)4)7-5-9-15(14)16/h5,7,9H,6,8,10-12,16H2,1-4H3. The van der Waals surface area contributed by atoms with Crippen LogP contribution in [0.15, 0.2) is 18.2 Å². The van der Waals surface area contributed by atoms with E-state index in [4.69, 9.17) is 0 Å². The Kier molecular flexibility index (Phi) is 7.95. The molecule has 0 aromatic heterocycles. The second kappa shape index (κ2) is 8.64. The third kappa shape index (κ3) is 6.10. The van der Waals surface area contributed by atoms with Gasteiger partial charge in [0.1, 0.15) is 0 Å². The van der Waals surface area contributed by atoms with Crippen molar-refractivity contribution in [1.82, 2.24) is 0 Å². The molecule has 3 heteroatoms. The SMILES string of the molecule is CP(C)CCCc1c(P)cccc1CCP(C)C. The molecule has 1 unspecified atom stereocenters. The molecule has 0 saturated heterocycles. The first-order valence-electron chi connectivity index (χ1n) is 6.66. The zero-order valence-electron chi connectivity index (χ0n) is 12.2. The van der Waals surface area contributed by atoms with Crippen LogP contribution in [-0.4, -0.2) is 39.0 Å². The Hall–Kier alpha value is 0.510. The highest BCUT2D eigenvalue weighted by molar-refractivity contribution is 7.56. The lowest BCUT2D eigenvalue weighted by molar-refractivity contribution is 0.913. The molecule has 102 valence electrons. The van der Waals surface area contributed by atoms with Crippen LogP contribution in [0.2, 0.25) is 0 Å². The van der Waals surface area contributed by atoms with Gasteiger partial charge in [-0.3, -0.25) is 0 Å². The molecule has 0 aliphatic carbocycles. The second-order valence-electron chi connectivity index (χ2n) is 5.45. The summed E-state index contributed by atoms with van der Waals surface area (Å²) in [6.07, 6.45) is 6.65. The van der Waals surface area contributed by atoms with E-state index in [1.807, 2.05) is 0 Å². The highest BCUT2D eigenvalue weighted by Gasteiger charge is 2.07. The predicted octanol–water partition coefficient (Wildman–Crippen LogP) is 4.15. The van der Waals surface area contributed by atoms with Crippen molar-refractivity contribution in [2.75, 3.05) is 39.0 Å². The van der Waals surface area contributed by atoms with Gasteiger partial charge in [0.25, 0.3) is 0 Å². The van der Waals surface area contributed by atoms with E-state index >= 15 is 0 Å². The van der Waals surface area contributed by atoms with Crippen molar-refractivity contribution in [1.29, 1.82) is 0 Å². The van der Waals surface area contributed by atoms with Gasteiger partial charge in [-0.15, -0.1) is 25.1 Å². The number of hydrogen-bond acceptors (Lipinski definition) is 0. The van der Waals surface area contributed by atoms with E-state index in [-0.39, 0.29) is 15.8 Å². The van der Waals surface area contributed by atoms with E-state index in [1.54, 1.807) is 11.1 Å². The Morgan fingerprint density at radius 1 is 0.944 bits per heavy atom. The summed E-state index contributed by atoms with van der Waals surface area (Å²) in [5.74, 6) is 0. The van der Waals surface area contributed by atoms with E-state index in [2.05, 4.69) is 54.1 Å². The van der Waals surface area contributed by atoms with Gasteiger partial charge in [0, 0.05) is 0 Å². The lowest BCUT2D eigenvalue weighted by Crippen LogP contribution is -2.08. The van der Waals surface area contributed by atoms with E-state index in [0.717, 1.165) is 0 Å². The molecule has 0 nitrogen and oxygen atoms in total. The molecule has 0 N–H and O–H groups in total. The molecule has 0 radical (unpaired) electrons. The number of rotatable bonds is 7. The molecule has 0 spiro atoms. The van der Waals surface area contributed by atoms with Gasteiger partial charge in [-0.25, -0.2) is 0 Å². The third-order valence-electron chi connectivity index (χ3n) is 3.17.